The lowest BCUT2D eigenvalue weighted by Crippen LogP contribution is -2.13. The first-order valence-corrected chi connectivity index (χ1v) is 9.12. The van der Waals surface area contributed by atoms with Crippen molar-refractivity contribution in [2.75, 3.05) is 13.7 Å². The van der Waals surface area contributed by atoms with E-state index >= 15 is 0 Å². The van der Waals surface area contributed by atoms with Crippen LogP contribution in [0.25, 0.3) is 28.5 Å². The van der Waals surface area contributed by atoms with E-state index in [9.17, 15) is 18.3 Å². The number of nitrogens with zero attached hydrogens (tertiary/aromatic N) is 5. The van der Waals surface area contributed by atoms with Crippen molar-refractivity contribution in [3.63, 3.8) is 0 Å². The summed E-state index contributed by atoms with van der Waals surface area (Å²) in [4.78, 5) is 16.6. The molecule has 0 aliphatic rings. The quantitative estimate of drug-likeness (QED) is 0.510. The summed E-state index contributed by atoms with van der Waals surface area (Å²) in [6.45, 7) is 2.14. The third-order valence-corrected chi connectivity index (χ3v) is 4.35. The van der Waals surface area contributed by atoms with Gasteiger partial charge in [0.1, 0.15) is 17.1 Å². The molecule has 1 N–H and O–H groups in total. The first-order valence-electron chi connectivity index (χ1n) is 9.12. The standard InChI is InChI=1S/C20H16F3N5O3/c1-3-31-15-9-5-7-12(25-15)18-27-17-19(26-14(29)10-24-17)28(18)16-11(20(21,22)23)6-4-8-13(16)30-2/h4-10H,3H2,1-2H3,(H,26,29). The van der Waals surface area contributed by atoms with Gasteiger partial charge in [0.25, 0.3) is 0 Å². The van der Waals surface area contributed by atoms with E-state index in [0.29, 0.717) is 6.61 Å². The maximum atomic E-state index is 13.9. The van der Waals surface area contributed by atoms with Crippen molar-refractivity contribution in [3.05, 3.63) is 48.2 Å². The number of ether oxygens (including phenoxy) is 2. The van der Waals surface area contributed by atoms with Crippen LogP contribution in [0.5, 0.6) is 17.5 Å². The molecule has 1 aromatic carbocycles. The molecule has 31 heavy (non-hydrogen) atoms. The maximum Gasteiger partial charge on any atom is 0.418 e. The summed E-state index contributed by atoms with van der Waals surface area (Å²) in [7, 11) is 1.26. The SMILES string of the molecule is CCOc1cccc(-c2nc3ncc(O)nc3n2-c2c(OC)cccc2C(F)(F)F)n1. The van der Waals surface area contributed by atoms with Crippen molar-refractivity contribution in [1.82, 2.24) is 24.5 Å². The van der Waals surface area contributed by atoms with Gasteiger partial charge in [-0.3, -0.25) is 4.57 Å². The van der Waals surface area contributed by atoms with E-state index in [1.807, 2.05) is 0 Å². The van der Waals surface area contributed by atoms with Gasteiger partial charge >= 0.3 is 6.18 Å². The predicted octanol–water partition coefficient (Wildman–Crippen LogP) is 4.01. The fourth-order valence-corrected chi connectivity index (χ4v) is 3.14. The highest BCUT2D eigenvalue weighted by molar-refractivity contribution is 5.78. The Morgan fingerprint density at radius 1 is 1.06 bits per heavy atom. The van der Waals surface area contributed by atoms with Crippen molar-refractivity contribution in [1.29, 1.82) is 0 Å². The number of fused-ring (bicyclic) bond motifs is 1. The Kier molecular flexibility index (Phi) is 5.09. The first-order chi connectivity index (χ1) is 14.8. The molecular formula is C20H16F3N5O3. The molecule has 8 nitrogen and oxygen atoms in total. The van der Waals surface area contributed by atoms with Gasteiger partial charge in [-0.05, 0) is 25.1 Å². The first kappa shape index (κ1) is 20.4. The molecular weight excluding hydrogens is 415 g/mol. The highest BCUT2D eigenvalue weighted by Gasteiger charge is 2.37. The molecule has 0 aliphatic heterocycles. The lowest BCUT2D eigenvalue weighted by Gasteiger charge is -2.18. The van der Waals surface area contributed by atoms with Gasteiger partial charge in [0.05, 0.1) is 25.5 Å². The molecule has 0 spiro atoms. The van der Waals surface area contributed by atoms with E-state index < -0.39 is 17.6 Å². The molecule has 0 bridgehead atoms. The van der Waals surface area contributed by atoms with Gasteiger partial charge in [-0.15, -0.1) is 0 Å². The van der Waals surface area contributed by atoms with Crippen LogP contribution >= 0.6 is 0 Å². The Morgan fingerprint density at radius 2 is 1.84 bits per heavy atom. The lowest BCUT2D eigenvalue weighted by molar-refractivity contribution is -0.137. The Morgan fingerprint density at radius 3 is 2.55 bits per heavy atom. The molecule has 4 rings (SSSR count). The number of hydrogen-bond donors (Lipinski definition) is 1. The van der Waals surface area contributed by atoms with Crippen molar-refractivity contribution in [3.8, 4) is 34.7 Å². The van der Waals surface area contributed by atoms with E-state index in [1.165, 1.54) is 19.2 Å². The topological polar surface area (TPSA) is 95.2 Å². The second-order valence-corrected chi connectivity index (χ2v) is 6.29. The molecule has 4 aromatic rings. The average molecular weight is 431 g/mol. The van der Waals surface area contributed by atoms with Crippen molar-refractivity contribution in [2.24, 2.45) is 0 Å². The van der Waals surface area contributed by atoms with Gasteiger partial charge in [0.2, 0.25) is 11.8 Å². The number of halogens is 3. The summed E-state index contributed by atoms with van der Waals surface area (Å²) < 4.78 is 53.5. The number of rotatable bonds is 5. The molecule has 0 amide bonds. The van der Waals surface area contributed by atoms with Crippen LogP contribution in [0, 0.1) is 0 Å². The summed E-state index contributed by atoms with van der Waals surface area (Å²) in [5.41, 5.74) is -1.16. The minimum Gasteiger partial charge on any atom is -0.495 e. The summed E-state index contributed by atoms with van der Waals surface area (Å²) in [6, 6.07) is 8.38. The highest BCUT2D eigenvalue weighted by atomic mass is 19.4. The van der Waals surface area contributed by atoms with Crippen LogP contribution < -0.4 is 9.47 Å². The van der Waals surface area contributed by atoms with Crippen LogP contribution in [0.15, 0.2) is 42.6 Å². The van der Waals surface area contributed by atoms with E-state index in [1.54, 1.807) is 25.1 Å². The number of alkyl halides is 3. The molecule has 0 saturated carbocycles. The van der Waals surface area contributed by atoms with Crippen LogP contribution in [0.3, 0.4) is 0 Å². The van der Waals surface area contributed by atoms with Crippen LogP contribution in [-0.4, -0.2) is 43.3 Å². The molecule has 0 unspecified atom stereocenters. The van der Waals surface area contributed by atoms with Gasteiger partial charge in [-0.25, -0.2) is 15.0 Å². The predicted molar refractivity (Wildman–Crippen MR) is 104 cm³/mol. The van der Waals surface area contributed by atoms with Crippen molar-refractivity contribution < 1.29 is 27.8 Å². The van der Waals surface area contributed by atoms with E-state index in [0.717, 1.165) is 16.8 Å². The Hall–Kier alpha value is -3.89. The second kappa shape index (κ2) is 7.74. The zero-order valence-corrected chi connectivity index (χ0v) is 16.4. The second-order valence-electron chi connectivity index (χ2n) is 6.29. The van der Waals surface area contributed by atoms with Gasteiger partial charge in [0.15, 0.2) is 17.1 Å². The van der Waals surface area contributed by atoms with Crippen LogP contribution in [-0.2, 0) is 6.18 Å². The summed E-state index contributed by atoms with van der Waals surface area (Å²) in [5, 5.41) is 9.85. The minimum atomic E-state index is -4.71. The Balaban J connectivity index is 2.11. The van der Waals surface area contributed by atoms with Crippen molar-refractivity contribution in [2.45, 2.75) is 13.1 Å². The molecule has 0 saturated heterocycles. The summed E-state index contributed by atoms with van der Waals surface area (Å²) in [5.74, 6) is -0.239. The van der Waals surface area contributed by atoms with Crippen LogP contribution in [0.1, 0.15) is 12.5 Å². The summed E-state index contributed by atoms with van der Waals surface area (Å²) >= 11 is 0. The molecule has 0 aliphatic carbocycles. The average Bonchev–Trinajstić information content (AvgIpc) is 3.11. The molecule has 3 heterocycles. The van der Waals surface area contributed by atoms with Crippen LogP contribution in [0.2, 0.25) is 0 Å². The molecule has 11 heteroatoms. The molecule has 0 fully saturated rings. The number of aromatic nitrogens is 5. The third-order valence-electron chi connectivity index (χ3n) is 4.35. The molecule has 0 atom stereocenters. The number of para-hydroxylation sites is 1. The van der Waals surface area contributed by atoms with Crippen LogP contribution in [0.4, 0.5) is 13.2 Å². The largest absolute Gasteiger partial charge is 0.495 e. The maximum absolute atomic E-state index is 13.9. The number of aromatic hydroxyl groups is 1. The zero-order chi connectivity index (χ0) is 22.2. The number of benzene rings is 1. The monoisotopic (exact) mass is 431 g/mol. The smallest absolute Gasteiger partial charge is 0.418 e. The summed E-state index contributed by atoms with van der Waals surface area (Å²) in [6.07, 6.45) is -3.65. The molecule has 3 aromatic heterocycles. The van der Waals surface area contributed by atoms with E-state index in [-0.39, 0.29) is 40.1 Å². The normalized spacial score (nSPS) is 11.6. The minimum absolute atomic E-state index is 0.0236. The van der Waals surface area contributed by atoms with Gasteiger partial charge in [-0.2, -0.15) is 18.2 Å². The molecule has 160 valence electrons. The lowest BCUT2D eigenvalue weighted by atomic mass is 10.1. The van der Waals surface area contributed by atoms with Gasteiger partial charge in [-0.1, -0.05) is 12.1 Å². The number of methoxy groups -OCH3 is 1. The third kappa shape index (κ3) is 3.69. The van der Waals surface area contributed by atoms with E-state index in [2.05, 4.69) is 19.9 Å². The molecule has 0 radical (unpaired) electrons. The Labute approximate surface area is 174 Å². The number of hydrogen-bond acceptors (Lipinski definition) is 7. The van der Waals surface area contributed by atoms with Gasteiger partial charge in [0, 0.05) is 6.07 Å². The van der Waals surface area contributed by atoms with E-state index in [4.69, 9.17) is 9.47 Å². The van der Waals surface area contributed by atoms with Crippen molar-refractivity contribution >= 4 is 11.3 Å². The number of imidazole rings is 1. The highest BCUT2D eigenvalue weighted by Crippen LogP contribution is 2.41. The number of pyridine rings is 1. The van der Waals surface area contributed by atoms with Gasteiger partial charge < -0.3 is 14.6 Å². The zero-order valence-electron chi connectivity index (χ0n) is 16.4. The fourth-order valence-electron chi connectivity index (χ4n) is 3.14. The Bertz CT molecular complexity index is 1260. The fraction of sp³-hybridized carbons (Fsp3) is 0.200.